The molecule has 0 radical (unpaired) electrons. The molecule has 2 aromatic heterocycles. The number of hydrogen-bond donors (Lipinski definition) is 0. The van der Waals surface area contributed by atoms with Gasteiger partial charge in [0.15, 0.2) is 5.65 Å². The highest BCUT2D eigenvalue weighted by molar-refractivity contribution is 6.09. The number of likely N-dealkylation sites (N-methyl/N-ethyl adjacent to an activating group) is 1. The van der Waals surface area contributed by atoms with Crippen LogP contribution in [0.3, 0.4) is 0 Å². The van der Waals surface area contributed by atoms with Gasteiger partial charge in [0.25, 0.3) is 5.91 Å². The molecule has 128 valence electrons. The van der Waals surface area contributed by atoms with E-state index in [9.17, 15) is 4.79 Å². The topological polar surface area (TPSA) is 54.3 Å². The van der Waals surface area contributed by atoms with Gasteiger partial charge in [0, 0.05) is 38.3 Å². The van der Waals surface area contributed by atoms with Gasteiger partial charge in [0.2, 0.25) is 0 Å². The van der Waals surface area contributed by atoms with Crippen LogP contribution in [0.1, 0.15) is 23.0 Å². The molecule has 4 rings (SSSR count). The minimum atomic E-state index is -0.0131. The van der Waals surface area contributed by atoms with Crippen LogP contribution in [0, 0.1) is 6.92 Å². The molecule has 25 heavy (non-hydrogen) atoms. The van der Waals surface area contributed by atoms with E-state index in [4.69, 9.17) is 0 Å². The van der Waals surface area contributed by atoms with Gasteiger partial charge in [-0.3, -0.25) is 9.48 Å². The van der Waals surface area contributed by atoms with Crippen molar-refractivity contribution in [3.63, 3.8) is 0 Å². The number of para-hydroxylation sites is 2. The average molecular weight is 335 g/mol. The highest BCUT2D eigenvalue weighted by Crippen LogP contribution is 2.33. The number of carbonyl (C=O) groups excluding carboxylic acids is 1. The van der Waals surface area contributed by atoms with Crippen LogP contribution < -0.4 is 9.80 Å². The van der Waals surface area contributed by atoms with Crippen molar-refractivity contribution in [2.75, 3.05) is 29.4 Å². The molecule has 0 aliphatic carbocycles. The molecule has 0 bridgehead atoms. The molecule has 1 aliphatic rings. The van der Waals surface area contributed by atoms with Crippen LogP contribution in [0.2, 0.25) is 0 Å². The highest BCUT2D eigenvalue weighted by Gasteiger charge is 2.27. The monoisotopic (exact) mass is 335 g/mol. The van der Waals surface area contributed by atoms with E-state index in [1.165, 1.54) is 0 Å². The summed E-state index contributed by atoms with van der Waals surface area (Å²) in [6.07, 6.45) is 1.65. The van der Waals surface area contributed by atoms with Gasteiger partial charge in [-0.1, -0.05) is 12.1 Å². The summed E-state index contributed by atoms with van der Waals surface area (Å²) in [5.41, 5.74) is 4.35. The van der Waals surface area contributed by atoms with Gasteiger partial charge < -0.3 is 9.80 Å². The molecule has 0 atom stereocenters. The Hall–Kier alpha value is -2.89. The van der Waals surface area contributed by atoms with Gasteiger partial charge >= 0.3 is 0 Å². The van der Waals surface area contributed by atoms with Gasteiger partial charge in [0.1, 0.15) is 0 Å². The van der Waals surface area contributed by atoms with Gasteiger partial charge in [-0.25, -0.2) is 4.98 Å². The number of benzene rings is 1. The van der Waals surface area contributed by atoms with E-state index in [2.05, 4.69) is 28.0 Å². The third-order valence-corrected chi connectivity index (χ3v) is 4.84. The lowest BCUT2D eigenvalue weighted by Crippen LogP contribution is -2.44. The SMILES string of the molecule is CCN1CCN(C(=O)c2cnc3c(c2)c(C)nn3C)c2ccccc21. The number of aromatic nitrogens is 3. The lowest BCUT2D eigenvalue weighted by molar-refractivity contribution is 0.0986. The van der Waals surface area contributed by atoms with E-state index in [0.29, 0.717) is 12.1 Å². The first kappa shape index (κ1) is 15.6. The summed E-state index contributed by atoms with van der Waals surface area (Å²) in [6, 6.07) is 9.98. The number of aryl methyl sites for hydroxylation is 2. The first-order valence-electron chi connectivity index (χ1n) is 8.55. The second-order valence-corrected chi connectivity index (χ2v) is 6.33. The summed E-state index contributed by atoms with van der Waals surface area (Å²) < 4.78 is 1.74. The first-order valence-corrected chi connectivity index (χ1v) is 8.55. The Morgan fingerprint density at radius 1 is 1.20 bits per heavy atom. The fourth-order valence-electron chi connectivity index (χ4n) is 3.54. The quantitative estimate of drug-likeness (QED) is 0.723. The molecule has 0 saturated carbocycles. The van der Waals surface area contributed by atoms with Crippen LogP contribution in [0.15, 0.2) is 36.5 Å². The molecule has 0 saturated heterocycles. The lowest BCUT2D eigenvalue weighted by Gasteiger charge is -2.37. The van der Waals surface area contributed by atoms with Crippen molar-refractivity contribution in [3.8, 4) is 0 Å². The largest absolute Gasteiger partial charge is 0.368 e. The Kier molecular flexibility index (Phi) is 3.67. The van der Waals surface area contributed by atoms with Crippen LogP contribution in [0.25, 0.3) is 11.0 Å². The molecule has 1 amide bonds. The molecule has 6 heteroatoms. The van der Waals surface area contributed by atoms with Crippen molar-refractivity contribution in [2.24, 2.45) is 7.05 Å². The van der Waals surface area contributed by atoms with Gasteiger partial charge in [-0.05, 0) is 32.0 Å². The third kappa shape index (κ3) is 2.45. The first-order chi connectivity index (χ1) is 12.1. The Bertz CT molecular complexity index is 962. The standard InChI is InChI=1S/C19H21N5O/c1-4-23-9-10-24(17-8-6-5-7-16(17)23)19(25)14-11-15-13(2)21-22(3)18(15)20-12-14/h5-8,11-12H,4,9-10H2,1-3H3. The number of amides is 1. The minimum Gasteiger partial charge on any atom is -0.368 e. The van der Waals surface area contributed by atoms with Crippen molar-refractivity contribution >= 4 is 28.3 Å². The third-order valence-electron chi connectivity index (χ3n) is 4.84. The van der Waals surface area contributed by atoms with E-state index in [1.807, 2.05) is 43.1 Å². The molecule has 0 fully saturated rings. The molecule has 3 heterocycles. The normalized spacial score (nSPS) is 14.0. The second kappa shape index (κ2) is 5.88. The predicted octanol–water partition coefficient (Wildman–Crippen LogP) is 2.76. The Labute approximate surface area is 146 Å². The van der Waals surface area contributed by atoms with E-state index in [1.54, 1.807) is 10.9 Å². The van der Waals surface area contributed by atoms with Crippen LogP contribution >= 0.6 is 0 Å². The maximum atomic E-state index is 13.2. The van der Waals surface area contributed by atoms with Crippen LogP contribution in [0.4, 0.5) is 11.4 Å². The lowest BCUT2D eigenvalue weighted by atomic mass is 10.1. The highest BCUT2D eigenvalue weighted by atomic mass is 16.2. The summed E-state index contributed by atoms with van der Waals surface area (Å²) in [5, 5.41) is 5.31. The molecule has 3 aromatic rings. The van der Waals surface area contributed by atoms with Crippen LogP contribution in [0.5, 0.6) is 0 Å². The summed E-state index contributed by atoms with van der Waals surface area (Å²) in [4.78, 5) is 21.8. The fraction of sp³-hybridized carbons (Fsp3) is 0.316. The van der Waals surface area contributed by atoms with Crippen molar-refractivity contribution in [2.45, 2.75) is 13.8 Å². The van der Waals surface area contributed by atoms with Crippen molar-refractivity contribution in [3.05, 3.63) is 47.8 Å². The number of nitrogens with zero attached hydrogens (tertiary/aromatic N) is 5. The fourth-order valence-corrected chi connectivity index (χ4v) is 3.54. The molecule has 0 N–H and O–H groups in total. The van der Waals surface area contributed by atoms with E-state index in [-0.39, 0.29) is 5.91 Å². The molecule has 1 aliphatic heterocycles. The maximum Gasteiger partial charge on any atom is 0.259 e. The van der Waals surface area contributed by atoms with Crippen molar-refractivity contribution in [1.29, 1.82) is 0 Å². The molecular formula is C19H21N5O. The molecule has 0 spiro atoms. The minimum absolute atomic E-state index is 0.0131. The van der Waals surface area contributed by atoms with Gasteiger partial charge in [0.05, 0.1) is 22.6 Å². The van der Waals surface area contributed by atoms with E-state index >= 15 is 0 Å². The average Bonchev–Trinajstić information content (AvgIpc) is 2.93. The second-order valence-electron chi connectivity index (χ2n) is 6.33. The zero-order chi connectivity index (χ0) is 17.6. The summed E-state index contributed by atoms with van der Waals surface area (Å²) in [5.74, 6) is -0.0131. The number of carbonyl (C=O) groups is 1. The van der Waals surface area contributed by atoms with E-state index < -0.39 is 0 Å². The molecule has 0 unspecified atom stereocenters. The number of fused-ring (bicyclic) bond motifs is 2. The number of rotatable bonds is 2. The molecule has 1 aromatic carbocycles. The zero-order valence-electron chi connectivity index (χ0n) is 14.7. The Balaban J connectivity index is 1.75. The zero-order valence-corrected chi connectivity index (χ0v) is 14.7. The Morgan fingerprint density at radius 3 is 2.72 bits per heavy atom. The van der Waals surface area contributed by atoms with Crippen molar-refractivity contribution < 1.29 is 4.79 Å². The number of anilines is 2. The van der Waals surface area contributed by atoms with Gasteiger partial charge in [-0.15, -0.1) is 0 Å². The summed E-state index contributed by atoms with van der Waals surface area (Å²) in [7, 11) is 1.87. The molecular weight excluding hydrogens is 314 g/mol. The maximum absolute atomic E-state index is 13.2. The van der Waals surface area contributed by atoms with Gasteiger partial charge in [-0.2, -0.15) is 5.10 Å². The van der Waals surface area contributed by atoms with E-state index in [0.717, 1.165) is 41.2 Å². The smallest absolute Gasteiger partial charge is 0.259 e. The summed E-state index contributed by atoms with van der Waals surface area (Å²) in [6.45, 7) is 6.51. The number of pyridine rings is 1. The summed E-state index contributed by atoms with van der Waals surface area (Å²) >= 11 is 0. The Morgan fingerprint density at radius 2 is 1.96 bits per heavy atom. The van der Waals surface area contributed by atoms with Crippen LogP contribution in [-0.2, 0) is 7.05 Å². The number of hydrogen-bond acceptors (Lipinski definition) is 4. The van der Waals surface area contributed by atoms with Crippen molar-refractivity contribution in [1.82, 2.24) is 14.8 Å². The predicted molar refractivity (Wildman–Crippen MR) is 99.3 cm³/mol. The van der Waals surface area contributed by atoms with Crippen LogP contribution in [-0.4, -0.2) is 40.3 Å². The molecule has 6 nitrogen and oxygen atoms in total.